The highest BCUT2D eigenvalue weighted by molar-refractivity contribution is 7.81. The maximum atomic E-state index is 10.9. The molecule has 0 saturated carbocycles. The van der Waals surface area contributed by atoms with Crippen LogP contribution in [-0.4, -0.2) is 20.2 Å². The van der Waals surface area contributed by atoms with Gasteiger partial charge in [0.15, 0.2) is 4.34 Å². The third kappa shape index (κ3) is 2.65. The lowest BCUT2D eigenvalue weighted by Gasteiger charge is -2.13. The Hall–Kier alpha value is -0.700. The summed E-state index contributed by atoms with van der Waals surface area (Å²) in [6.45, 7) is 1.92. The predicted molar refractivity (Wildman–Crippen MR) is 59.8 cm³/mol. The van der Waals surface area contributed by atoms with Gasteiger partial charge in [-0.2, -0.15) is 0 Å². The lowest BCUT2D eigenvalue weighted by atomic mass is 10.5. The molecule has 0 aliphatic heterocycles. The van der Waals surface area contributed by atoms with Crippen molar-refractivity contribution in [1.29, 1.82) is 0 Å². The molecule has 1 unspecified atom stereocenters. The van der Waals surface area contributed by atoms with E-state index < -0.39 is 16.2 Å². The highest BCUT2D eigenvalue weighted by Crippen LogP contribution is 2.39. The number of rotatable bonds is 4. The number of hydrogen-bond acceptors (Lipinski definition) is 4. The third-order valence-corrected chi connectivity index (χ3v) is 3.88. The fraction of sp³-hybridized carbons (Fsp3) is 0.333. The lowest BCUT2D eigenvalue weighted by Crippen LogP contribution is -2.23. The van der Waals surface area contributed by atoms with Gasteiger partial charge < -0.3 is 0 Å². The van der Waals surface area contributed by atoms with Crippen LogP contribution >= 0.6 is 22.9 Å². The van der Waals surface area contributed by atoms with E-state index in [1.165, 1.54) is 6.07 Å². The first kappa shape index (κ1) is 12.4. The zero-order valence-electron chi connectivity index (χ0n) is 7.55. The monoisotopic (exact) mass is 270 g/mol. The van der Waals surface area contributed by atoms with Crippen molar-refractivity contribution in [2.45, 2.75) is 6.92 Å². The normalized spacial score (nSPS) is 12.5. The molecule has 0 aromatic carbocycles. The fourth-order valence-electron chi connectivity index (χ4n) is 0.938. The van der Waals surface area contributed by atoms with Crippen molar-refractivity contribution in [3.63, 3.8) is 0 Å². The van der Waals surface area contributed by atoms with E-state index in [2.05, 4.69) is 0 Å². The standard InChI is InChI=1S/C6H7ClN2O4S2/c1-2-8(15(12)13)5-3-4(9(10)11)6(7)14-5/h3H,2H2,1H3,(H,12,13). The molecule has 0 aliphatic carbocycles. The van der Waals surface area contributed by atoms with Gasteiger partial charge in [0.2, 0.25) is 0 Å². The minimum atomic E-state index is -2.20. The van der Waals surface area contributed by atoms with Crippen molar-refractivity contribution in [2.75, 3.05) is 10.8 Å². The van der Waals surface area contributed by atoms with E-state index in [1.807, 2.05) is 0 Å². The van der Waals surface area contributed by atoms with Gasteiger partial charge in [0, 0.05) is 6.54 Å². The Labute approximate surface area is 97.0 Å². The van der Waals surface area contributed by atoms with Crippen LogP contribution in [0.25, 0.3) is 0 Å². The van der Waals surface area contributed by atoms with E-state index in [4.69, 9.17) is 16.2 Å². The van der Waals surface area contributed by atoms with Crippen LogP contribution in [0.2, 0.25) is 4.34 Å². The summed E-state index contributed by atoms with van der Waals surface area (Å²) in [5.74, 6) is 0. The van der Waals surface area contributed by atoms with Gasteiger partial charge in [-0.15, -0.1) is 0 Å². The predicted octanol–water partition coefficient (Wildman–Crippen LogP) is 2.27. The number of hydrogen-bond donors (Lipinski definition) is 1. The van der Waals surface area contributed by atoms with Gasteiger partial charge in [-0.05, 0) is 6.92 Å². The molecule has 0 amide bonds. The van der Waals surface area contributed by atoms with Crippen molar-refractivity contribution in [3.8, 4) is 0 Å². The van der Waals surface area contributed by atoms with Gasteiger partial charge in [-0.3, -0.25) is 19.0 Å². The summed E-state index contributed by atoms with van der Waals surface area (Å²) in [6.07, 6.45) is 0. The second kappa shape index (κ2) is 4.88. The first-order valence-electron chi connectivity index (χ1n) is 3.79. The van der Waals surface area contributed by atoms with Crippen molar-refractivity contribution in [1.82, 2.24) is 0 Å². The van der Waals surface area contributed by atoms with E-state index in [0.717, 1.165) is 15.6 Å². The molecule has 9 heteroatoms. The molecule has 0 fully saturated rings. The lowest BCUT2D eigenvalue weighted by molar-refractivity contribution is -0.384. The summed E-state index contributed by atoms with van der Waals surface area (Å²) >= 11 is 4.32. The second-order valence-corrected chi connectivity index (χ2v) is 4.96. The summed E-state index contributed by atoms with van der Waals surface area (Å²) in [4.78, 5) is 9.86. The minimum Gasteiger partial charge on any atom is -0.289 e. The van der Waals surface area contributed by atoms with E-state index in [-0.39, 0.29) is 16.6 Å². The quantitative estimate of drug-likeness (QED) is 0.517. The first-order chi connectivity index (χ1) is 6.97. The highest BCUT2D eigenvalue weighted by atomic mass is 35.5. The van der Waals surface area contributed by atoms with Gasteiger partial charge in [-0.25, -0.2) is 4.21 Å². The van der Waals surface area contributed by atoms with Crippen LogP contribution < -0.4 is 4.31 Å². The summed E-state index contributed by atoms with van der Waals surface area (Å²) < 4.78 is 20.8. The van der Waals surface area contributed by atoms with E-state index >= 15 is 0 Å². The molecule has 84 valence electrons. The average Bonchev–Trinajstić information content (AvgIpc) is 2.48. The molecular formula is C6H7ClN2O4S2. The molecule has 1 aromatic rings. The molecule has 15 heavy (non-hydrogen) atoms. The van der Waals surface area contributed by atoms with Gasteiger partial charge in [0.25, 0.3) is 11.3 Å². The SMILES string of the molecule is CCN(c1cc([N+](=O)[O-])c(Cl)s1)S(=O)O. The summed E-state index contributed by atoms with van der Waals surface area (Å²) in [6, 6.07) is 1.19. The molecule has 1 aromatic heterocycles. The van der Waals surface area contributed by atoms with Crippen molar-refractivity contribution >= 4 is 44.9 Å². The number of anilines is 1. The largest absolute Gasteiger partial charge is 0.300 e. The number of thiophene rings is 1. The zero-order chi connectivity index (χ0) is 11.6. The highest BCUT2D eigenvalue weighted by Gasteiger charge is 2.22. The molecule has 0 aliphatic rings. The number of nitro groups is 1. The molecule has 1 rings (SSSR count). The topological polar surface area (TPSA) is 83.7 Å². The first-order valence-corrected chi connectivity index (χ1v) is 6.05. The third-order valence-electron chi connectivity index (χ3n) is 1.57. The summed E-state index contributed by atoms with van der Waals surface area (Å²) in [5.41, 5.74) is -0.249. The van der Waals surface area contributed by atoms with E-state index in [0.29, 0.717) is 5.00 Å². The molecule has 0 bridgehead atoms. The van der Waals surface area contributed by atoms with Crippen LogP contribution in [0.1, 0.15) is 6.92 Å². The smallest absolute Gasteiger partial charge is 0.289 e. The number of nitrogens with zero attached hydrogens (tertiary/aromatic N) is 2. The van der Waals surface area contributed by atoms with E-state index in [1.54, 1.807) is 6.92 Å². The van der Waals surface area contributed by atoms with E-state index in [9.17, 15) is 14.3 Å². The number of halogens is 1. The zero-order valence-corrected chi connectivity index (χ0v) is 9.93. The Morgan fingerprint density at radius 2 is 2.40 bits per heavy atom. The van der Waals surface area contributed by atoms with Crippen LogP contribution in [0.3, 0.4) is 0 Å². The van der Waals surface area contributed by atoms with Crippen LogP contribution in [0.4, 0.5) is 10.7 Å². The molecule has 1 N–H and O–H groups in total. The molecule has 0 radical (unpaired) electrons. The van der Waals surface area contributed by atoms with Crippen LogP contribution in [-0.2, 0) is 11.3 Å². The Morgan fingerprint density at radius 3 is 2.73 bits per heavy atom. The minimum absolute atomic E-state index is 0.00102. The molecule has 1 heterocycles. The average molecular weight is 271 g/mol. The van der Waals surface area contributed by atoms with Crippen LogP contribution in [0.5, 0.6) is 0 Å². The second-order valence-electron chi connectivity index (χ2n) is 2.43. The molecule has 6 nitrogen and oxygen atoms in total. The maximum Gasteiger partial charge on any atom is 0.300 e. The van der Waals surface area contributed by atoms with Crippen LogP contribution in [0, 0.1) is 10.1 Å². The van der Waals surface area contributed by atoms with Gasteiger partial charge in [0.1, 0.15) is 5.00 Å². The molecule has 1 atom stereocenters. The Balaban J connectivity index is 3.10. The molecule has 0 spiro atoms. The fourth-order valence-corrected chi connectivity index (χ4v) is 2.85. The summed E-state index contributed by atoms with van der Waals surface area (Å²) in [5, 5.41) is 10.8. The Bertz CT molecular complexity index is 408. The molecular weight excluding hydrogens is 264 g/mol. The van der Waals surface area contributed by atoms with Gasteiger partial charge in [-0.1, -0.05) is 22.9 Å². The van der Waals surface area contributed by atoms with Crippen molar-refractivity contribution in [2.24, 2.45) is 0 Å². The molecule has 0 saturated heterocycles. The maximum absolute atomic E-state index is 10.9. The van der Waals surface area contributed by atoms with Gasteiger partial charge >= 0.3 is 5.69 Å². The Kier molecular flexibility index (Phi) is 4.03. The van der Waals surface area contributed by atoms with Crippen molar-refractivity contribution < 1.29 is 13.7 Å². The van der Waals surface area contributed by atoms with Gasteiger partial charge in [0.05, 0.1) is 11.0 Å². The van der Waals surface area contributed by atoms with Crippen molar-refractivity contribution in [3.05, 3.63) is 20.5 Å². The Morgan fingerprint density at radius 1 is 1.80 bits per heavy atom. The van der Waals surface area contributed by atoms with Crippen LogP contribution in [0.15, 0.2) is 6.07 Å². The summed E-state index contributed by atoms with van der Waals surface area (Å²) in [7, 11) is 0.